The third-order valence-electron chi connectivity index (χ3n) is 7.29. The van der Waals surface area contributed by atoms with Crippen LogP contribution in [0.3, 0.4) is 0 Å². The Hall–Kier alpha value is -1.41. The standard InChI is InChI=1S/C28H52N3O10P/c1-2-3-4-5-6-7-8-9-10-11-12-13-14-15-19-38-20-16-21-39-42(36,37)40-22-23-25(32)26(33)27(41-23)31-18-17-24(30-35)29-28(31)34/h17-18,23,25-27,32-33,35H,2-16,19-22H2,1H3,(H,36,37)(H,29,30,34)/t23-,25?,26?,27-/m1/s1. The molecule has 0 radical (unpaired) electrons. The van der Waals surface area contributed by atoms with Crippen LogP contribution in [-0.2, 0) is 23.1 Å². The van der Waals surface area contributed by atoms with Crippen LogP contribution in [0.1, 0.15) is 109 Å². The van der Waals surface area contributed by atoms with Crippen molar-refractivity contribution >= 4 is 13.6 Å². The summed E-state index contributed by atoms with van der Waals surface area (Å²) in [5.41, 5.74) is 0.874. The number of unbranched alkanes of at least 4 members (excludes halogenated alkanes) is 13. The van der Waals surface area contributed by atoms with Crippen LogP contribution in [0.5, 0.6) is 0 Å². The Morgan fingerprint density at radius 2 is 1.45 bits per heavy atom. The number of nitrogens with one attached hydrogen (secondary N) is 1. The van der Waals surface area contributed by atoms with Crippen molar-refractivity contribution in [1.29, 1.82) is 0 Å². The molecular formula is C28H52N3O10P. The summed E-state index contributed by atoms with van der Waals surface area (Å²) in [6.45, 7) is 2.67. The van der Waals surface area contributed by atoms with Gasteiger partial charge in [-0.15, -0.1) is 0 Å². The first-order chi connectivity index (χ1) is 20.3. The molecule has 14 heteroatoms. The lowest BCUT2D eigenvalue weighted by Crippen LogP contribution is -2.36. The van der Waals surface area contributed by atoms with Gasteiger partial charge in [0.25, 0.3) is 0 Å². The first kappa shape index (κ1) is 36.8. The quantitative estimate of drug-likeness (QED) is 0.0578. The maximum Gasteiger partial charge on any atom is 0.472 e. The number of phosphoric acid groups is 1. The van der Waals surface area contributed by atoms with Crippen molar-refractivity contribution in [2.45, 2.75) is 128 Å². The number of hydrogen-bond donors (Lipinski definition) is 5. The number of hydrogen-bond acceptors (Lipinski definition) is 11. The lowest BCUT2D eigenvalue weighted by Gasteiger charge is -2.18. The highest BCUT2D eigenvalue weighted by Crippen LogP contribution is 2.44. The molecule has 3 unspecified atom stereocenters. The highest BCUT2D eigenvalue weighted by Gasteiger charge is 2.45. The summed E-state index contributed by atoms with van der Waals surface area (Å²) in [5.74, 6) is -0.109. The first-order valence-corrected chi connectivity index (χ1v) is 17.0. The average Bonchev–Trinajstić information content (AvgIpc) is 3.25. The van der Waals surface area contributed by atoms with E-state index in [1.54, 1.807) is 5.48 Å². The molecule has 244 valence electrons. The van der Waals surface area contributed by atoms with Crippen LogP contribution in [0.15, 0.2) is 17.1 Å². The van der Waals surface area contributed by atoms with Crippen molar-refractivity contribution in [2.24, 2.45) is 0 Å². The molecule has 1 fully saturated rings. The predicted molar refractivity (Wildman–Crippen MR) is 157 cm³/mol. The highest BCUT2D eigenvalue weighted by molar-refractivity contribution is 7.47. The van der Waals surface area contributed by atoms with E-state index in [4.69, 9.17) is 23.7 Å². The van der Waals surface area contributed by atoms with Gasteiger partial charge >= 0.3 is 13.5 Å². The number of anilines is 1. The van der Waals surface area contributed by atoms with E-state index in [1.165, 1.54) is 89.3 Å². The van der Waals surface area contributed by atoms with E-state index in [1.807, 2.05) is 0 Å². The van der Waals surface area contributed by atoms with E-state index in [2.05, 4.69) is 11.9 Å². The van der Waals surface area contributed by atoms with E-state index < -0.39 is 44.7 Å². The summed E-state index contributed by atoms with van der Waals surface area (Å²) >= 11 is 0. The molecule has 5 atom stereocenters. The van der Waals surface area contributed by atoms with Crippen LogP contribution in [0.4, 0.5) is 5.82 Å². The number of aliphatic hydroxyl groups is 2. The fourth-order valence-electron chi connectivity index (χ4n) is 4.81. The van der Waals surface area contributed by atoms with Gasteiger partial charge in [0.1, 0.15) is 18.3 Å². The molecule has 0 bridgehead atoms. The number of nitrogens with zero attached hydrogens (tertiary/aromatic N) is 2. The van der Waals surface area contributed by atoms with Crippen molar-refractivity contribution in [3.05, 3.63) is 22.7 Å². The molecule has 1 aromatic rings. The monoisotopic (exact) mass is 621 g/mol. The van der Waals surface area contributed by atoms with Crippen LogP contribution >= 0.6 is 7.82 Å². The molecule has 0 saturated carbocycles. The fourth-order valence-corrected chi connectivity index (χ4v) is 5.58. The molecule has 1 aliphatic heterocycles. The molecule has 0 aromatic carbocycles. The van der Waals surface area contributed by atoms with E-state index in [-0.39, 0.29) is 12.4 Å². The van der Waals surface area contributed by atoms with Gasteiger partial charge in [-0.25, -0.2) is 9.36 Å². The largest absolute Gasteiger partial charge is 0.472 e. The summed E-state index contributed by atoms with van der Waals surface area (Å²) in [6.07, 6.45) is 14.3. The Morgan fingerprint density at radius 3 is 2.02 bits per heavy atom. The molecule has 1 aromatic heterocycles. The zero-order valence-corrected chi connectivity index (χ0v) is 25.9. The van der Waals surface area contributed by atoms with Crippen LogP contribution < -0.4 is 11.2 Å². The van der Waals surface area contributed by atoms with Crippen LogP contribution in [-0.4, -0.2) is 74.6 Å². The van der Waals surface area contributed by atoms with Gasteiger partial charge in [0.15, 0.2) is 12.0 Å². The molecule has 0 amide bonds. The van der Waals surface area contributed by atoms with Gasteiger partial charge in [0, 0.05) is 19.4 Å². The molecule has 2 heterocycles. The lowest BCUT2D eigenvalue weighted by molar-refractivity contribution is -0.0552. The van der Waals surface area contributed by atoms with Gasteiger partial charge in [0.2, 0.25) is 0 Å². The van der Waals surface area contributed by atoms with Crippen LogP contribution in [0.2, 0.25) is 0 Å². The molecule has 13 nitrogen and oxygen atoms in total. The van der Waals surface area contributed by atoms with E-state index in [9.17, 15) is 24.5 Å². The number of rotatable bonds is 25. The Morgan fingerprint density at radius 1 is 0.881 bits per heavy atom. The smallest absolute Gasteiger partial charge is 0.387 e. The maximum absolute atomic E-state index is 12.2. The zero-order chi connectivity index (χ0) is 30.6. The second-order valence-corrected chi connectivity index (χ2v) is 12.3. The topological polar surface area (TPSA) is 182 Å². The molecular weight excluding hydrogens is 569 g/mol. The molecule has 42 heavy (non-hydrogen) atoms. The van der Waals surface area contributed by atoms with Crippen molar-refractivity contribution in [1.82, 2.24) is 9.55 Å². The third-order valence-corrected chi connectivity index (χ3v) is 8.27. The second-order valence-electron chi connectivity index (χ2n) is 10.8. The zero-order valence-electron chi connectivity index (χ0n) is 25.0. The maximum atomic E-state index is 12.2. The molecule has 5 N–H and O–H groups in total. The summed E-state index contributed by atoms with van der Waals surface area (Å²) < 4.78 is 34.0. The van der Waals surface area contributed by atoms with Crippen molar-refractivity contribution < 1.29 is 43.4 Å². The number of aliphatic hydroxyl groups excluding tert-OH is 2. The van der Waals surface area contributed by atoms with Gasteiger partial charge in [-0.05, 0) is 18.9 Å². The number of ether oxygens (including phenoxy) is 2. The van der Waals surface area contributed by atoms with Gasteiger partial charge in [-0.2, -0.15) is 4.98 Å². The normalized spacial score (nSPS) is 21.9. The summed E-state index contributed by atoms with van der Waals surface area (Å²) in [5, 5.41) is 29.4. The average molecular weight is 622 g/mol. The number of phosphoric ester groups is 1. The van der Waals surface area contributed by atoms with Gasteiger partial charge in [0.05, 0.1) is 13.2 Å². The summed E-state index contributed by atoms with van der Waals surface area (Å²) in [7, 11) is -4.44. The van der Waals surface area contributed by atoms with Gasteiger partial charge < -0.3 is 24.6 Å². The molecule has 0 aliphatic carbocycles. The number of aromatic nitrogens is 2. The molecule has 1 saturated heterocycles. The van der Waals surface area contributed by atoms with E-state index in [0.717, 1.165) is 17.4 Å². The SMILES string of the molecule is CCCCCCCCCCCCCCCCOCCCOP(=O)(O)OC[C@H]1O[C@@H](n2ccc(NO)nc2=O)C(O)C1O. The summed E-state index contributed by atoms with van der Waals surface area (Å²) in [4.78, 5) is 25.6. The fraction of sp³-hybridized carbons (Fsp3) is 0.857. The third kappa shape index (κ3) is 14.4. The Kier molecular flexibility index (Phi) is 18.7. The lowest BCUT2D eigenvalue weighted by atomic mass is 10.0. The van der Waals surface area contributed by atoms with Crippen LogP contribution in [0, 0.1) is 0 Å². The Labute approximate surface area is 249 Å². The van der Waals surface area contributed by atoms with Crippen molar-refractivity contribution in [2.75, 3.05) is 31.9 Å². The van der Waals surface area contributed by atoms with Gasteiger partial charge in [-0.3, -0.25) is 24.3 Å². The first-order valence-electron chi connectivity index (χ1n) is 15.5. The molecule has 1 aliphatic rings. The van der Waals surface area contributed by atoms with Crippen molar-refractivity contribution in [3.8, 4) is 0 Å². The predicted octanol–water partition coefficient (Wildman–Crippen LogP) is 4.69. The minimum atomic E-state index is -4.44. The molecule has 0 spiro atoms. The minimum Gasteiger partial charge on any atom is -0.387 e. The minimum absolute atomic E-state index is 0.0574. The highest BCUT2D eigenvalue weighted by atomic mass is 31.2. The van der Waals surface area contributed by atoms with E-state index in [0.29, 0.717) is 19.6 Å². The van der Waals surface area contributed by atoms with Gasteiger partial charge in [-0.1, -0.05) is 90.4 Å². The Balaban J connectivity index is 1.46. The second kappa shape index (κ2) is 21.3. The Bertz CT molecular complexity index is 953. The molecule has 2 rings (SSSR count). The van der Waals surface area contributed by atoms with Crippen molar-refractivity contribution in [3.63, 3.8) is 0 Å². The summed E-state index contributed by atoms with van der Waals surface area (Å²) in [6, 6.07) is 1.26. The van der Waals surface area contributed by atoms with Crippen LogP contribution in [0.25, 0.3) is 0 Å². The van der Waals surface area contributed by atoms with E-state index >= 15 is 0 Å².